The Labute approximate surface area is 565 Å². The van der Waals surface area contributed by atoms with Crippen molar-refractivity contribution < 1.29 is 67.4 Å². The van der Waals surface area contributed by atoms with E-state index in [1.807, 2.05) is 55.4 Å². The molecule has 27 nitrogen and oxygen atoms in total. The highest BCUT2D eigenvalue weighted by atomic mass is 32.1. The van der Waals surface area contributed by atoms with E-state index in [4.69, 9.17) is 4.74 Å². The van der Waals surface area contributed by atoms with E-state index in [2.05, 4.69) is 26.3 Å². The van der Waals surface area contributed by atoms with Gasteiger partial charge in [-0.25, -0.2) is 14.3 Å². The summed E-state index contributed by atoms with van der Waals surface area (Å²) in [5.41, 5.74) is 0. The fraction of sp³-hybridized carbons (Fsp3) is 0.742. The van der Waals surface area contributed by atoms with E-state index in [9.17, 15) is 43.5 Å². The Bertz CT molecular complexity index is 2740. The second kappa shape index (κ2) is 39.1. The minimum Gasteiger partial charge on any atom is -0.445 e. The zero-order chi connectivity index (χ0) is 71.4. The smallest absolute Gasteiger partial charge is 0.419 e. The zero-order valence-corrected chi connectivity index (χ0v) is 61.2. The number of hydrogen-bond acceptors (Lipinski definition) is 15. The Morgan fingerprint density at radius 1 is 0.543 bits per heavy atom. The molecule has 0 bridgehead atoms. The second-order valence-corrected chi connectivity index (χ2v) is 27.5. The first-order valence-corrected chi connectivity index (χ1v) is 32.7. The van der Waals surface area contributed by atoms with Gasteiger partial charge in [0, 0.05) is 61.7 Å². The molecule has 12 atom stereocenters. The van der Waals surface area contributed by atoms with Crippen LogP contribution < -0.4 is 21.3 Å². The first-order valence-electron chi connectivity index (χ1n) is 32.7. The van der Waals surface area contributed by atoms with Gasteiger partial charge < -0.3 is 65.4 Å². The molecule has 0 aliphatic carbocycles. The third-order valence-corrected chi connectivity index (χ3v) is 17.0. The summed E-state index contributed by atoms with van der Waals surface area (Å²) in [7, 11) is 9.75. The molecule has 2 rings (SSSR count). The van der Waals surface area contributed by atoms with Gasteiger partial charge in [0.1, 0.15) is 73.4 Å². The SMILES string of the molecule is CC[C@@H]1NC(=O)C([C@H](O)[C@H](C)C/C=C/COC(=O)n2ccnc2)N(C)C(=O)[C@H](C(C)C)N(C)C(=O)[C@H](CC(C)C)N(C)C(=O)[C@@H](CC(C)C)N(C)C(=O)[C@@H](C)NC(=O)[C@H](C)NC(=O)[C@H](CC(C)C)N(C)C(=O)[C@H](C(C)C)NC(=O)C(CC(C)C)N(C)C(=O)CN(C)C1=O.S. The minimum absolute atomic E-state index is 0. The average molecular weight is 1350 g/mol. The van der Waals surface area contributed by atoms with Crippen LogP contribution in [0.15, 0.2) is 30.9 Å². The number of nitrogens with zero attached hydrogens (tertiary/aromatic N) is 9. The number of amides is 11. The quantitative estimate of drug-likeness (QED) is 0.140. The van der Waals surface area contributed by atoms with Crippen LogP contribution in [-0.4, -0.2) is 249 Å². The molecule has 1 aliphatic rings. The van der Waals surface area contributed by atoms with Crippen LogP contribution in [0.5, 0.6) is 0 Å². The Morgan fingerprint density at radius 2 is 1.00 bits per heavy atom. The molecular weight excluding hydrogens is 1230 g/mol. The molecule has 1 aliphatic heterocycles. The number of likely N-dealkylation sites (N-methyl/N-ethyl adjacent to an activating group) is 7. The summed E-state index contributed by atoms with van der Waals surface area (Å²) in [5.74, 6) is -10.5. The molecular formula is C66H115N13O14S. The molecule has 0 aromatic carbocycles. The number of aromatic nitrogens is 2. The first kappa shape index (κ1) is 84.9. The van der Waals surface area contributed by atoms with Gasteiger partial charge in [0.2, 0.25) is 65.0 Å². The van der Waals surface area contributed by atoms with Crippen molar-refractivity contribution in [2.24, 2.45) is 41.4 Å². The van der Waals surface area contributed by atoms with Crippen molar-refractivity contribution in [2.45, 2.75) is 216 Å². The maximum absolute atomic E-state index is 15.3. The Balaban J connectivity index is 0.0000442. The molecule has 0 saturated carbocycles. The Kier molecular flexibility index (Phi) is 35.3. The number of carbonyl (C=O) groups excluding carboxylic acids is 12. The van der Waals surface area contributed by atoms with E-state index in [1.165, 1.54) is 106 Å². The van der Waals surface area contributed by atoms with Gasteiger partial charge in [-0.2, -0.15) is 13.5 Å². The van der Waals surface area contributed by atoms with Crippen molar-refractivity contribution in [3.8, 4) is 0 Å². The van der Waals surface area contributed by atoms with Crippen LogP contribution in [0.3, 0.4) is 0 Å². The lowest BCUT2D eigenvalue weighted by Gasteiger charge is -2.41. The summed E-state index contributed by atoms with van der Waals surface area (Å²) in [6, 6.07) is -12.8. The molecule has 534 valence electrons. The topological polar surface area (TPSA) is 323 Å². The number of aliphatic hydroxyl groups excluding tert-OH is 1. The highest BCUT2D eigenvalue weighted by Gasteiger charge is 2.46. The fourth-order valence-corrected chi connectivity index (χ4v) is 11.3. The largest absolute Gasteiger partial charge is 0.445 e. The molecule has 1 saturated heterocycles. The van der Waals surface area contributed by atoms with Gasteiger partial charge in [-0.05, 0) is 93.8 Å². The van der Waals surface area contributed by atoms with Crippen LogP contribution in [0.4, 0.5) is 4.79 Å². The Morgan fingerprint density at radius 3 is 1.48 bits per heavy atom. The van der Waals surface area contributed by atoms with Crippen LogP contribution in [0.2, 0.25) is 0 Å². The summed E-state index contributed by atoms with van der Waals surface area (Å²) in [6.45, 7) is 27.0. The number of carbonyl (C=O) groups is 12. The molecule has 2 heterocycles. The number of nitrogens with one attached hydrogen (secondary N) is 4. The van der Waals surface area contributed by atoms with Gasteiger partial charge in [0.05, 0.1) is 12.6 Å². The van der Waals surface area contributed by atoms with Crippen molar-refractivity contribution in [1.82, 2.24) is 65.1 Å². The molecule has 1 aromatic heterocycles. The number of aliphatic hydroxyl groups is 1. The van der Waals surface area contributed by atoms with Crippen LogP contribution >= 0.6 is 13.5 Å². The van der Waals surface area contributed by atoms with Gasteiger partial charge in [-0.15, -0.1) is 0 Å². The number of rotatable bonds is 17. The molecule has 1 aromatic rings. The van der Waals surface area contributed by atoms with Gasteiger partial charge in [-0.3, -0.25) is 52.7 Å². The zero-order valence-electron chi connectivity index (χ0n) is 60.2. The van der Waals surface area contributed by atoms with E-state index < -0.39 is 162 Å². The monoisotopic (exact) mass is 1350 g/mol. The number of ether oxygens (including phenoxy) is 1. The molecule has 1 fully saturated rings. The standard InChI is InChI=1S/C66H113N13O14.H2S/c1-24-46-61(87)72(17)35-51(80)73(18)47(31-37(2)3)58(84)71-52(41(10)11)64(90)74(19)48(32-38(4)5)57(83)68-44(15)56(82)69-45(16)60(86)75(20)49(33-39(6)7)62(88)76(21)50(34-40(8)9)63(89)77(22)53(42(12)13)65(91)78(23)54(59(85)70-46)55(81)43(14)27-25-26-30-93-66(92)79-29-28-67-36-79;/h25-26,28-29,36-50,52-55,81H,24,27,30-35H2,1-23H3,(H,68,83)(H,69,82)(H,70,85)(H,71,84);1H2/b26-25+;/t43-,44+,45-,46+,47?,48+,49-,50+,52+,53+,54?,55-;/m1./s1. The van der Waals surface area contributed by atoms with Crippen molar-refractivity contribution in [2.75, 3.05) is 62.5 Å². The second-order valence-electron chi connectivity index (χ2n) is 27.5. The van der Waals surface area contributed by atoms with E-state index in [-0.39, 0.29) is 82.3 Å². The minimum atomic E-state index is -1.73. The van der Waals surface area contributed by atoms with E-state index >= 15 is 19.2 Å². The predicted octanol–water partition coefficient (Wildman–Crippen LogP) is 3.24. The number of imidazole rings is 1. The van der Waals surface area contributed by atoms with E-state index in [0.717, 1.165) is 14.4 Å². The van der Waals surface area contributed by atoms with Gasteiger partial charge in [-0.1, -0.05) is 109 Å². The highest BCUT2D eigenvalue weighted by molar-refractivity contribution is 7.59. The summed E-state index contributed by atoms with van der Waals surface area (Å²) in [6.07, 6.45) is 5.52. The lowest BCUT2D eigenvalue weighted by atomic mass is 9.91. The van der Waals surface area contributed by atoms with Crippen molar-refractivity contribution in [1.29, 1.82) is 0 Å². The van der Waals surface area contributed by atoms with Gasteiger partial charge >= 0.3 is 6.09 Å². The Hall–Kier alpha value is -7.10. The van der Waals surface area contributed by atoms with E-state index in [0.29, 0.717) is 0 Å². The van der Waals surface area contributed by atoms with Crippen LogP contribution in [-0.2, 0) is 57.5 Å². The molecule has 94 heavy (non-hydrogen) atoms. The average Bonchev–Trinajstić information content (AvgIpc) is 0.877. The lowest BCUT2D eigenvalue weighted by molar-refractivity contribution is -0.157. The molecule has 5 N–H and O–H groups in total. The first-order chi connectivity index (χ1) is 43.1. The maximum Gasteiger partial charge on any atom is 0.419 e. The summed E-state index contributed by atoms with van der Waals surface area (Å²) in [4.78, 5) is 186. The fourth-order valence-electron chi connectivity index (χ4n) is 11.3. The summed E-state index contributed by atoms with van der Waals surface area (Å²) < 4.78 is 6.42. The molecule has 2 unspecified atom stereocenters. The third kappa shape index (κ3) is 24.0. The van der Waals surface area contributed by atoms with E-state index in [1.54, 1.807) is 53.7 Å². The van der Waals surface area contributed by atoms with Crippen molar-refractivity contribution in [3.63, 3.8) is 0 Å². The van der Waals surface area contributed by atoms with Crippen LogP contribution in [0.25, 0.3) is 0 Å². The van der Waals surface area contributed by atoms with Crippen molar-refractivity contribution >= 4 is 84.6 Å². The molecule has 11 amide bonds. The predicted molar refractivity (Wildman–Crippen MR) is 362 cm³/mol. The van der Waals surface area contributed by atoms with Crippen LogP contribution in [0.1, 0.15) is 149 Å². The van der Waals surface area contributed by atoms with Crippen LogP contribution in [0, 0.1) is 41.4 Å². The normalized spacial score (nSPS) is 25.3. The number of hydrogen-bond donors (Lipinski definition) is 5. The highest BCUT2D eigenvalue weighted by Crippen LogP contribution is 2.26. The van der Waals surface area contributed by atoms with Crippen molar-refractivity contribution in [3.05, 3.63) is 30.9 Å². The number of allylic oxidation sites excluding steroid dienone is 1. The van der Waals surface area contributed by atoms with Gasteiger partial charge in [0.25, 0.3) is 0 Å². The van der Waals surface area contributed by atoms with Gasteiger partial charge in [0.15, 0.2) is 0 Å². The maximum atomic E-state index is 15.3. The third-order valence-electron chi connectivity index (χ3n) is 17.0. The molecule has 28 heteroatoms. The molecule has 0 radical (unpaired) electrons. The summed E-state index contributed by atoms with van der Waals surface area (Å²) >= 11 is 0. The molecule has 0 spiro atoms. The summed E-state index contributed by atoms with van der Waals surface area (Å²) in [5, 5.41) is 23.3. The lowest BCUT2D eigenvalue weighted by Crippen LogP contribution is -2.63.